The SMILES string of the molecule is CC(C)CNCc1ccc(OCc2cccc(Br)c2)nn1. The van der Waals surface area contributed by atoms with E-state index in [2.05, 4.69) is 45.3 Å². The highest BCUT2D eigenvalue weighted by atomic mass is 79.9. The van der Waals surface area contributed by atoms with E-state index in [0.717, 1.165) is 28.8 Å². The summed E-state index contributed by atoms with van der Waals surface area (Å²) in [6.07, 6.45) is 0. The predicted molar refractivity (Wildman–Crippen MR) is 87.1 cm³/mol. The minimum absolute atomic E-state index is 0.485. The largest absolute Gasteiger partial charge is 0.472 e. The Morgan fingerprint density at radius 2 is 2.05 bits per heavy atom. The molecule has 0 unspecified atom stereocenters. The van der Waals surface area contributed by atoms with Crippen LogP contribution in [0.25, 0.3) is 0 Å². The summed E-state index contributed by atoms with van der Waals surface area (Å²) in [5.74, 6) is 1.17. The molecule has 1 N–H and O–H groups in total. The van der Waals surface area contributed by atoms with Crippen molar-refractivity contribution in [2.24, 2.45) is 5.92 Å². The van der Waals surface area contributed by atoms with Crippen molar-refractivity contribution >= 4 is 15.9 Å². The highest BCUT2D eigenvalue weighted by molar-refractivity contribution is 9.10. The van der Waals surface area contributed by atoms with Crippen molar-refractivity contribution in [3.63, 3.8) is 0 Å². The molecule has 0 atom stereocenters. The van der Waals surface area contributed by atoms with Crippen molar-refractivity contribution in [1.82, 2.24) is 15.5 Å². The summed E-state index contributed by atoms with van der Waals surface area (Å²) >= 11 is 3.44. The van der Waals surface area contributed by atoms with Crippen LogP contribution in [0.2, 0.25) is 0 Å². The van der Waals surface area contributed by atoms with Crippen LogP contribution in [0, 0.1) is 5.92 Å². The molecule has 21 heavy (non-hydrogen) atoms. The fourth-order valence-corrected chi connectivity index (χ4v) is 2.24. The van der Waals surface area contributed by atoms with Gasteiger partial charge in [0.25, 0.3) is 0 Å². The van der Waals surface area contributed by atoms with Gasteiger partial charge in [0.15, 0.2) is 0 Å². The third kappa shape index (κ3) is 5.81. The molecular weight excluding hydrogens is 330 g/mol. The Balaban J connectivity index is 1.82. The van der Waals surface area contributed by atoms with Gasteiger partial charge in [-0.1, -0.05) is 41.9 Å². The monoisotopic (exact) mass is 349 g/mol. The van der Waals surface area contributed by atoms with Gasteiger partial charge < -0.3 is 10.1 Å². The highest BCUT2D eigenvalue weighted by Gasteiger charge is 2.01. The molecule has 0 saturated heterocycles. The lowest BCUT2D eigenvalue weighted by Gasteiger charge is -2.08. The van der Waals surface area contributed by atoms with Crippen molar-refractivity contribution < 1.29 is 4.74 Å². The third-order valence-electron chi connectivity index (χ3n) is 2.83. The summed E-state index contributed by atoms with van der Waals surface area (Å²) in [4.78, 5) is 0. The molecule has 0 saturated carbocycles. The molecule has 0 spiro atoms. The van der Waals surface area contributed by atoms with Gasteiger partial charge in [-0.05, 0) is 36.2 Å². The summed E-state index contributed by atoms with van der Waals surface area (Å²) in [6.45, 7) is 6.55. The average Bonchev–Trinajstić information content (AvgIpc) is 2.46. The zero-order chi connectivity index (χ0) is 15.1. The number of aromatic nitrogens is 2. The third-order valence-corrected chi connectivity index (χ3v) is 3.32. The number of nitrogens with one attached hydrogen (secondary N) is 1. The van der Waals surface area contributed by atoms with Crippen molar-refractivity contribution in [2.45, 2.75) is 27.0 Å². The Morgan fingerprint density at radius 1 is 1.19 bits per heavy atom. The standard InChI is InChI=1S/C16H20BrN3O/c1-12(2)9-18-10-15-6-7-16(20-19-15)21-11-13-4-3-5-14(17)8-13/h3-8,12,18H,9-11H2,1-2H3. The lowest BCUT2D eigenvalue weighted by Crippen LogP contribution is -2.19. The Bertz CT molecular complexity index is 558. The smallest absolute Gasteiger partial charge is 0.233 e. The van der Waals surface area contributed by atoms with Crippen LogP contribution in [0.3, 0.4) is 0 Å². The molecule has 0 amide bonds. The van der Waals surface area contributed by atoms with Gasteiger partial charge in [-0.2, -0.15) is 5.10 Å². The van der Waals surface area contributed by atoms with Crippen molar-refractivity contribution in [3.8, 4) is 5.88 Å². The molecule has 0 aliphatic rings. The number of halogens is 1. The van der Waals surface area contributed by atoms with Gasteiger partial charge in [0.1, 0.15) is 6.61 Å². The summed E-state index contributed by atoms with van der Waals surface area (Å²) < 4.78 is 6.67. The van der Waals surface area contributed by atoms with Gasteiger partial charge in [-0.25, -0.2) is 0 Å². The molecule has 112 valence electrons. The molecule has 0 bridgehead atoms. The number of hydrogen-bond acceptors (Lipinski definition) is 4. The van der Waals surface area contributed by atoms with Crippen LogP contribution >= 0.6 is 15.9 Å². The molecule has 0 radical (unpaired) electrons. The number of nitrogens with zero attached hydrogens (tertiary/aromatic N) is 2. The average molecular weight is 350 g/mol. The molecule has 2 aromatic rings. The van der Waals surface area contributed by atoms with Gasteiger partial charge in [0, 0.05) is 17.1 Å². The number of benzene rings is 1. The van der Waals surface area contributed by atoms with E-state index in [-0.39, 0.29) is 0 Å². The molecule has 1 heterocycles. The maximum Gasteiger partial charge on any atom is 0.233 e. The Morgan fingerprint density at radius 3 is 2.71 bits per heavy atom. The van der Waals surface area contributed by atoms with Crippen LogP contribution < -0.4 is 10.1 Å². The summed E-state index contributed by atoms with van der Waals surface area (Å²) in [7, 11) is 0. The van der Waals surface area contributed by atoms with E-state index in [1.807, 2.05) is 36.4 Å². The molecule has 1 aromatic carbocycles. The Hall–Kier alpha value is -1.46. The second-order valence-corrected chi connectivity index (χ2v) is 6.22. The van der Waals surface area contributed by atoms with Gasteiger partial charge >= 0.3 is 0 Å². The van der Waals surface area contributed by atoms with Crippen LogP contribution in [-0.2, 0) is 13.2 Å². The first-order chi connectivity index (χ1) is 10.1. The van der Waals surface area contributed by atoms with E-state index in [1.165, 1.54) is 0 Å². The Labute approximate surface area is 134 Å². The molecule has 4 nitrogen and oxygen atoms in total. The van der Waals surface area contributed by atoms with Gasteiger partial charge in [-0.3, -0.25) is 0 Å². The quantitative estimate of drug-likeness (QED) is 0.829. The summed E-state index contributed by atoms with van der Waals surface area (Å²) in [5, 5.41) is 11.6. The van der Waals surface area contributed by atoms with Crippen molar-refractivity contribution in [3.05, 3.63) is 52.1 Å². The lowest BCUT2D eigenvalue weighted by molar-refractivity contribution is 0.289. The maximum atomic E-state index is 5.63. The first-order valence-electron chi connectivity index (χ1n) is 7.04. The number of hydrogen-bond donors (Lipinski definition) is 1. The predicted octanol–water partition coefficient (Wildman–Crippen LogP) is 3.56. The number of ether oxygens (including phenoxy) is 1. The fourth-order valence-electron chi connectivity index (χ4n) is 1.79. The van der Waals surface area contributed by atoms with E-state index in [0.29, 0.717) is 18.4 Å². The van der Waals surface area contributed by atoms with Gasteiger partial charge in [-0.15, -0.1) is 5.10 Å². The first-order valence-corrected chi connectivity index (χ1v) is 7.83. The molecule has 1 aromatic heterocycles. The molecule has 5 heteroatoms. The molecule has 0 fully saturated rings. The minimum atomic E-state index is 0.485. The molecule has 0 aliphatic carbocycles. The van der Waals surface area contributed by atoms with Gasteiger partial charge in [0.2, 0.25) is 5.88 Å². The second-order valence-electron chi connectivity index (χ2n) is 5.31. The molecule has 2 rings (SSSR count). The summed E-state index contributed by atoms with van der Waals surface area (Å²) in [6, 6.07) is 11.8. The molecular formula is C16H20BrN3O. The normalized spacial score (nSPS) is 10.9. The fraction of sp³-hybridized carbons (Fsp3) is 0.375. The summed E-state index contributed by atoms with van der Waals surface area (Å²) in [5.41, 5.74) is 2.01. The Kier molecular flexibility index (Phi) is 6.14. The van der Waals surface area contributed by atoms with Crippen molar-refractivity contribution in [1.29, 1.82) is 0 Å². The maximum absolute atomic E-state index is 5.63. The van der Waals surface area contributed by atoms with Crippen LogP contribution in [-0.4, -0.2) is 16.7 Å². The van der Waals surface area contributed by atoms with E-state index < -0.39 is 0 Å². The zero-order valence-electron chi connectivity index (χ0n) is 12.3. The van der Waals surface area contributed by atoms with E-state index in [4.69, 9.17) is 4.74 Å². The topological polar surface area (TPSA) is 47.0 Å². The van der Waals surface area contributed by atoms with E-state index in [9.17, 15) is 0 Å². The van der Waals surface area contributed by atoms with Crippen LogP contribution in [0.5, 0.6) is 5.88 Å². The van der Waals surface area contributed by atoms with Crippen molar-refractivity contribution in [2.75, 3.05) is 6.54 Å². The van der Waals surface area contributed by atoms with E-state index >= 15 is 0 Å². The zero-order valence-corrected chi connectivity index (χ0v) is 13.9. The van der Waals surface area contributed by atoms with Gasteiger partial charge in [0.05, 0.1) is 5.69 Å². The minimum Gasteiger partial charge on any atom is -0.472 e. The number of rotatable bonds is 7. The second kappa shape index (κ2) is 8.10. The van der Waals surface area contributed by atoms with Crippen LogP contribution in [0.4, 0.5) is 0 Å². The highest BCUT2D eigenvalue weighted by Crippen LogP contribution is 2.14. The van der Waals surface area contributed by atoms with E-state index in [1.54, 1.807) is 0 Å². The molecule has 0 aliphatic heterocycles. The van der Waals surface area contributed by atoms with Crippen LogP contribution in [0.15, 0.2) is 40.9 Å². The lowest BCUT2D eigenvalue weighted by atomic mass is 10.2. The first kappa shape index (κ1) is 15.9. The van der Waals surface area contributed by atoms with Crippen LogP contribution in [0.1, 0.15) is 25.1 Å².